The quantitative estimate of drug-likeness (QED) is 0.669. The van der Waals surface area contributed by atoms with Crippen LogP contribution in [-0.4, -0.2) is 38.4 Å². The smallest absolute Gasteiger partial charge is 0.242 e. The van der Waals surface area contributed by atoms with Crippen LogP contribution in [0.25, 0.3) is 0 Å². The van der Waals surface area contributed by atoms with Crippen LogP contribution in [0.4, 0.5) is 0 Å². The maximum absolute atomic E-state index is 12.7. The zero-order valence-corrected chi connectivity index (χ0v) is 17.1. The summed E-state index contributed by atoms with van der Waals surface area (Å²) in [4.78, 5) is 12.4. The Morgan fingerprint density at radius 1 is 1.32 bits per heavy atom. The molecule has 1 aliphatic rings. The summed E-state index contributed by atoms with van der Waals surface area (Å²) in [7, 11) is -3.96. The third-order valence-corrected chi connectivity index (χ3v) is 6.94. The van der Waals surface area contributed by atoms with Crippen molar-refractivity contribution in [3.05, 3.63) is 28.2 Å². The van der Waals surface area contributed by atoms with Crippen LogP contribution >= 0.6 is 35.0 Å². The molecule has 25 heavy (non-hydrogen) atoms. The first-order valence-corrected chi connectivity index (χ1v) is 11.7. The molecule has 0 unspecified atom stereocenters. The fraction of sp³-hybridized carbons (Fsp3) is 0.562. The highest BCUT2D eigenvalue weighted by Crippen LogP contribution is 2.25. The minimum absolute atomic E-state index is 0.0664. The summed E-state index contributed by atoms with van der Waals surface area (Å²) in [6.45, 7) is 0. The van der Waals surface area contributed by atoms with E-state index in [-0.39, 0.29) is 26.9 Å². The van der Waals surface area contributed by atoms with Gasteiger partial charge in [0.05, 0.1) is 5.02 Å². The predicted molar refractivity (Wildman–Crippen MR) is 104 cm³/mol. The summed E-state index contributed by atoms with van der Waals surface area (Å²) in [5.41, 5.74) is 0. The summed E-state index contributed by atoms with van der Waals surface area (Å²) in [5, 5.41) is 3.28. The van der Waals surface area contributed by atoms with Crippen molar-refractivity contribution in [3.63, 3.8) is 0 Å². The molecule has 9 heteroatoms. The lowest BCUT2D eigenvalue weighted by molar-refractivity contribution is -0.123. The largest absolute Gasteiger partial charge is 0.352 e. The van der Waals surface area contributed by atoms with Gasteiger partial charge in [-0.15, -0.1) is 0 Å². The van der Waals surface area contributed by atoms with Crippen molar-refractivity contribution in [2.45, 2.75) is 49.1 Å². The number of hydrogen-bond donors (Lipinski definition) is 2. The van der Waals surface area contributed by atoms with E-state index < -0.39 is 16.1 Å². The summed E-state index contributed by atoms with van der Waals surface area (Å²) in [6, 6.07) is 3.51. The molecule has 0 aromatic heterocycles. The fourth-order valence-corrected chi connectivity index (χ4v) is 5.25. The molecule has 2 N–H and O–H groups in total. The molecular formula is C16H22Cl2N2O3S2. The van der Waals surface area contributed by atoms with Gasteiger partial charge in [-0.2, -0.15) is 16.5 Å². The van der Waals surface area contributed by atoms with E-state index in [9.17, 15) is 13.2 Å². The molecular weight excluding hydrogens is 403 g/mol. The number of nitrogens with one attached hydrogen (secondary N) is 2. The number of sulfonamides is 1. The second-order valence-electron chi connectivity index (χ2n) is 6.02. The van der Waals surface area contributed by atoms with E-state index in [1.54, 1.807) is 11.8 Å². The van der Waals surface area contributed by atoms with Gasteiger partial charge in [-0.1, -0.05) is 36.0 Å². The Morgan fingerprint density at radius 3 is 2.64 bits per heavy atom. The van der Waals surface area contributed by atoms with Gasteiger partial charge < -0.3 is 5.32 Å². The number of carbonyl (C=O) groups excluding carboxylic acids is 1. The number of thioether (sulfide) groups is 1. The molecule has 0 spiro atoms. The average Bonchev–Trinajstić information content (AvgIpc) is 3.06. The molecule has 1 aliphatic carbocycles. The maximum atomic E-state index is 12.7. The lowest BCUT2D eigenvalue weighted by atomic mass is 10.2. The van der Waals surface area contributed by atoms with Crippen molar-refractivity contribution in [1.29, 1.82) is 0 Å². The van der Waals surface area contributed by atoms with Crippen LogP contribution in [0.15, 0.2) is 23.1 Å². The van der Waals surface area contributed by atoms with Gasteiger partial charge in [0.2, 0.25) is 15.9 Å². The Labute approximate surface area is 163 Å². The van der Waals surface area contributed by atoms with E-state index in [0.717, 1.165) is 25.7 Å². The molecule has 0 bridgehead atoms. The van der Waals surface area contributed by atoms with Crippen molar-refractivity contribution in [3.8, 4) is 0 Å². The molecule has 0 aliphatic heterocycles. The first-order chi connectivity index (χ1) is 11.8. The molecule has 1 saturated carbocycles. The van der Waals surface area contributed by atoms with E-state index in [4.69, 9.17) is 23.2 Å². The van der Waals surface area contributed by atoms with Crippen LogP contribution in [0, 0.1) is 0 Å². The Bertz CT molecular complexity index is 707. The zero-order valence-electron chi connectivity index (χ0n) is 13.9. The third kappa shape index (κ3) is 6.03. The first kappa shape index (κ1) is 20.8. The summed E-state index contributed by atoms with van der Waals surface area (Å²) in [6.07, 6.45) is 6.36. The minimum Gasteiger partial charge on any atom is -0.352 e. The van der Waals surface area contributed by atoms with Crippen LogP contribution in [0.3, 0.4) is 0 Å². The lowest BCUT2D eigenvalue weighted by Crippen LogP contribution is -2.49. The number of amides is 1. The SMILES string of the molecule is CSCC[C@H](NS(=O)(=O)c1cc(Cl)ccc1Cl)C(=O)NC1CCCC1. The standard InChI is InChI=1S/C16H22Cl2N2O3S2/c1-24-9-8-14(16(21)19-12-4-2-3-5-12)20-25(22,23)15-10-11(17)6-7-13(15)18/h6-7,10,12,14,20H,2-5,8-9H2,1H3,(H,19,21)/t14-/m0/s1. The van der Waals surface area contributed by atoms with Crippen LogP contribution in [-0.2, 0) is 14.8 Å². The number of carbonyl (C=O) groups is 1. The molecule has 0 heterocycles. The van der Waals surface area contributed by atoms with E-state index in [2.05, 4.69) is 10.0 Å². The first-order valence-electron chi connectivity index (χ1n) is 8.10. The summed E-state index contributed by atoms with van der Waals surface area (Å²) in [5.74, 6) is 0.372. The van der Waals surface area contributed by atoms with Gasteiger partial charge in [0.1, 0.15) is 10.9 Å². The van der Waals surface area contributed by atoms with Crippen LogP contribution < -0.4 is 10.0 Å². The lowest BCUT2D eigenvalue weighted by Gasteiger charge is -2.21. The third-order valence-electron chi connectivity index (χ3n) is 4.11. The van der Waals surface area contributed by atoms with E-state index in [1.807, 2.05) is 6.26 Å². The van der Waals surface area contributed by atoms with Crippen molar-refractivity contribution < 1.29 is 13.2 Å². The molecule has 1 atom stereocenters. The fourth-order valence-electron chi connectivity index (χ4n) is 2.79. The molecule has 0 radical (unpaired) electrons. The number of rotatable bonds is 8. The van der Waals surface area contributed by atoms with Crippen molar-refractivity contribution in [2.24, 2.45) is 0 Å². The van der Waals surface area contributed by atoms with Gasteiger partial charge in [-0.05, 0) is 49.5 Å². The number of halogens is 2. The molecule has 5 nitrogen and oxygen atoms in total. The van der Waals surface area contributed by atoms with Crippen molar-refractivity contribution in [1.82, 2.24) is 10.0 Å². The van der Waals surface area contributed by atoms with Gasteiger partial charge in [-0.25, -0.2) is 8.42 Å². The molecule has 1 amide bonds. The maximum Gasteiger partial charge on any atom is 0.242 e. The van der Waals surface area contributed by atoms with Crippen molar-refractivity contribution in [2.75, 3.05) is 12.0 Å². The Hall–Kier alpha value is -0.470. The molecule has 2 rings (SSSR count). The van der Waals surface area contributed by atoms with Gasteiger partial charge in [0.25, 0.3) is 0 Å². The highest BCUT2D eigenvalue weighted by atomic mass is 35.5. The highest BCUT2D eigenvalue weighted by Gasteiger charge is 2.29. The molecule has 140 valence electrons. The van der Waals surface area contributed by atoms with E-state index in [1.165, 1.54) is 18.2 Å². The Morgan fingerprint density at radius 2 is 2.00 bits per heavy atom. The van der Waals surface area contributed by atoms with Crippen LogP contribution in [0.1, 0.15) is 32.1 Å². The van der Waals surface area contributed by atoms with Gasteiger partial charge in [-0.3, -0.25) is 4.79 Å². The minimum atomic E-state index is -3.96. The topological polar surface area (TPSA) is 75.3 Å². The number of benzene rings is 1. The van der Waals surface area contributed by atoms with Crippen LogP contribution in [0.5, 0.6) is 0 Å². The Kier molecular flexibility index (Phi) is 7.89. The molecule has 1 fully saturated rings. The highest BCUT2D eigenvalue weighted by molar-refractivity contribution is 7.98. The van der Waals surface area contributed by atoms with Gasteiger partial charge in [0, 0.05) is 11.1 Å². The zero-order chi connectivity index (χ0) is 18.4. The average molecular weight is 425 g/mol. The Balaban J connectivity index is 2.16. The number of hydrogen-bond acceptors (Lipinski definition) is 4. The van der Waals surface area contributed by atoms with Crippen LogP contribution in [0.2, 0.25) is 10.0 Å². The summed E-state index contributed by atoms with van der Waals surface area (Å²) < 4.78 is 27.8. The second-order valence-corrected chi connectivity index (χ2v) is 9.53. The molecule has 0 saturated heterocycles. The van der Waals surface area contributed by atoms with E-state index >= 15 is 0 Å². The summed E-state index contributed by atoms with van der Waals surface area (Å²) >= 11 is 13.4. The second kappa shape index (κ2) is 9.46. The normalized spacial score (nSPS) is 16.8. The molecule has 1 aromatic rings. The molecule has 1 aromatic carbocycles. The van der Waals surface area contributed by atoms with Gasteiger partial charge >= 0.3 is 0 Å². The predicted octanol–water partition coefficient (Wildman–Crippen LogP) is 3.45. The monoisotopic (exact) mass is 424 g/mol. The van der Waals surface area contributed by atoms with Crippen molar-refractivity contribution >= 4 is 50.9 Å². The van der Waals surface area contributed by atoms with Gasteiger partial charge in [0.15, 0.2) is 0 Å². The van der Waals surface area contributed by atoms with E-state index in [0.29, 0.717) is 12.2 Å².